The molecule has 1 atom stereocenters. The second kappa shape index (κ2) is 5.12. The molecule has 0 spiro atoms. The standard InChI is InChI=1S/C13H17NO2/c1-11(15)14(10-13-8-5-9-16-13)12-6-3-2-4-7-12/h2-4,6-7,13H,5,8-10H2,1H3. The van der Waals surface area contributed by atoms with Gasteiger partial charge in [0.05, 0.1) is 12.6 Å². The van der Waals surface area contributed by atoms with E-state index in [0.717, 1.165) is 25.1 Å². The van der Waals surface area contributed by atoms with Gasteiger partial charge in [0.2, 0.25) is 5.91 Å². The molecule has 1 amide bonds. The molecule has 16 heavy (non-hydrogen) atoms. The molecule has 86 valence electrons. The zero-order valence-electron chi connectivity index (χ0n) is 9.56. The Bertz CT molecular complexity index is 344. The van der Waals surface area contributed by atoms with Crippen molar-refractivity contribution in [3.8, 4) is 0 Å². The monoisotopic (exact) mass is 219 g/mol. The van der Waals surface area contributed by atoms with E-state index in [1.807, 2.05) is 30.3 Å². The number of amides is 1. The van der Waals surface area contributed by atoms with Crippen LogP contribution in [-0.4, -0.2) is 25.2 Å². The summed E-state index contributed by atoms with van der Waals surface area (Å²) >= 11 is 0. The summed E-state index contributed by atoms with van der Waals surface area (Å²) in [5, 5.41) is 0. The Balaban J connectivity index is 2.08. The van der Waals surface area contributed by atoms with Crippen LogP contribution in [0.15, 0.2) is 30.3 Å². The number of ether oxygens (including phenoxy) is 1. The molecule has 0 bridgehead atoms. The van der Waals surface area contributed by atoms with Crippen molar-refractivity contribution in [2.24, 2.45) is 0 Å². The summed E-state index contributed by atoms with van der Waals surface area (Å²) in [5.74, 6) is 0.0710. The van der Waals surface area contributed by atoms with E-state index >= 15 is 0 Å². The van der Waals surface area contributed by atoms with Crippen molar-refractivity contribution in [2.75, 3.05) is 18.1 Å². The van der Waals surface area contributed by atoms with Crippen LogP contribution in [0.5, 0.6) is 0 Å². The second-order valence-electron chi connectivity index (χ2n) is 4.10. The third kappa shape index (κ3) is 2.61. The molecule has 0 aromatic heterocycles. The summed E-state index contributed by atoms with van der Waals surface area (Å²) in [7, 11) is 0. The largest absolute Gasteiger partial charge is 0.376 e. The smallest absolute Gasteiger partial charge is 0.223 e. The molecule has 1 heterocycles. The molecule has 0 aliphatic carbocycles. The molecule has 0 saturated carbocycles. The van der Waals surface area contributed by atoms with Crippen molar-refractivity contribution in [3.05, 3.63) is 30.3 Å². The third-order valence-electron chi connectivity index (χ3n) is 2.86. The fraction of sp³-hybridized carbons (Fsp3) is 0.462. The van der Waals surface area contributed by atoms with Gasteiger partial charge in [0, 0.05) is 19.2 Å². The lowest BCUT2D eigenvalue weighted by atomic mass is 10.2. The first-order valence-corrected chi connectivity index (χ1v) is 5.72. The highest BCUT2D eigenvalue weighted by atomic mass is 16.5. The third-order valence-corrected chi connectivity index (χ3v) is 2.86. The number of carbonyl (C=O) groups excluding carboxylic acids is 1. The predicted molar refractivity (Wildman–Crippen MR) is 63.4 cm³/mol. The van der Waals surface area contributed by atoms with Crippen LogP contribution in [0.4, 0.5) is 5.69 Å². The number of benzene rings is 1. The first-order valence-electron chi connectivity index (χ1n) is 5.72. The Hall–Kier alpha value is -1.35. The van der Waals surface area contributed by atoms with E-state index in [-0.39, 0.29) is 12.0 Å². The van der Waals surface area contributed by atoms with E-state index in [0.29, 0.717) is 6.54 Å². The van der Waals surface area contributed by atoms with Gasteiger partial charge < -0.3 is 9.64 Å². The van der Waals surface area contributed by atoms with E-state index in [1.165, 1.54) is 0 Å². The van der Waals surface area contributed by atoms with Crippen LogP contribution in [0.25, 0.3) is 0 Å². The highest BCUT2D eigenvalue weighted by Crippen LogP contribution is 2.19. The van der Waals surface area contributed by atoms with E-state index in [4.69, 9.17) is 4.74 Å². The molecule has 1 aromatic carbocycles. The van der Waals surface area contributed by atoms with Crippen molar-refractivity contribution in [1.82, 2.24) is 0 Å². The van der Waals surface area contributed by atoms with Crippen molar-refractivity contribution < 1.29 is 9.53 Å². The normalized spacial score (nSPS) is 19.7. The maximum Gasteiger partial charge on any atom is 0.223 e. The molecule has 0 radical (unpaired) electrons. The van der Waals surface area contributed by atoms with Crippen LogP contribution in [-0.2, 0) is 9.53 Å². The summed E-state index contributed by atoms with van der Waals surface area (Å²) in [6.07, 6.45) is 2.35. The van der Waals surface area contributed by atoms with E-state index in [1.54, 1.807) is 11.8 Å². The highest BCUT2D eigenvalue weighted by molar-refractivity contribution is 5.91. The SMILES string of the molecule is CC(=O)N(CC1CCCO1)c1ccccc1. The van der Waals surface area contributed by atoms with E-state index < -0.39 is 0 Å². The lowest BCUT2D eigenvalue weighted by Gasteiger charge is -2.24. The number of hydrogen-bond acceptors (Lipinski definition) is 2. The van der Waals surface area contributed by atoms with Crippen LogP contribution in [0, 0.1) is 0 Å². The van der Waals surface area contributed by atoms with Gasteiger partial charge in [-0.25, -0.2) is 0 Å². The predicted octanol–water partition coefficient (Wildman–Crippen LogP) is 2.22. The lowest BCUT2D eigenvalue weighted by Crippen LogP contribution is -2.35. The first kappa shape index (κ1) is 11.1. The Morgan fingerprint density at radius 2 is 2.19 bits per heavy atom. The molecule has 1 aliphatic rings. The molecule has 3 nitrogen and oxygen atoms in total. The van der Waals surface area contributed by atoms with Gasteiger partial charge >= 0.3 is 0 Å². The van der Waals surface area contributed by atoms with Gasteiger partial charge in [-0.15, -0.1) is 0 Å². The molecule has 1 unspecified atom stereocenters. The average Bonchev–Trinajstić information content (AvgIpc) is 2.79. The zero-order valence-corrected chi connectivity index (χ0v) is 9.56. The van der Waals surface area contributed by atoms with Gasteiger partial charge in [-0.3, -0.25) is 4.79 Å². The van der Waals surface area contributed by atoms with Gasteiger partial charge in [-0.05, 0) is 25.0 Å². The van der Waals surface area contributed by atoms with Gasteiger partial charge in [-0.2, -0.15) is 0 Å². The molecule has 1 fully saturated rings. The minimum Gasteiger partial charge on any atom is -0.376 e. The summed E-state index contributed by atoms with van der Waals surface area (Å²) in [6.45, 7) is 3.09. The van der Waals surface area contributed by atoms with Crippen LogP contribution in [0.2, 0.25) is 0 Å². The fourth-order valence-corrected chi connectivity index (χ4v) is 2.02. The molecule has 1 aliphatic heterocycles. The molecule has 3 heteroatoms. The van der Waals surface area contributed by atoms with Gasteiger partial charge in [-0.1, -0.05) is 18.2 Å². The fourth-order valence-electron chi connectivity index (χ4n) is 2.02. The summed E-state index contributed by atoms with van der Waals surface area (Å²) < 4.78 is 5.56. The van der Waals surface area contributed by atoms with Crippen LogP contribution < -0.4 is 4.90 Å². The topological polar surface area (TPSA) is 29.5 Å². The average molecular weight is 219 g/mol. The second-order valence-corrected chi connectivity index (χ2v) is 4.10. The molecule has 0 N–H and O–H groups in total. The minimum atomic E-state index is 0.0710. The Morgan fingerprint density at radius 1 is 1.44 bits per heavy atom. The molecular weight excluding hydrogens is 202 g/mol. The number of hydrogen-bond donors (Lipinski definition) is 0. The van der Waals surface area contributed by atoms with Crippen LogP contribution in [0.1, 0.15) is 19.8 Å². The summed E-state index contributed by atoms with van der Waals surface area (Å²) in [4.78, 5) is 13.4. The van der Waals surface area contributed by atoms with Gasteiger partial charge in [0.1, 0.15) is 0 Å². The van der Waals surface area contributed by atoms with Crippen molar-refractivity contribution in [3.63, 3.8) is 0 Å². The lowest BCUT2D eigenvalue weighted by molar-refractivity contribution is -0.116. The van der Waals surface area contributed by atoms with Crippen LogP contribution >= 0.6 is 0 Å². The Kier molecular flexibility index (Phi) is 3.57. The number of rotatable bonds is 3. The maximum atomic E-state index is 11.6. The van der Waals surface area contributed by atoms with Crippen molar-refractivity contribution in [1.29, 1.82) is 0 Å². The van der Waals surface area contributed by atoms with Gasteiger partial charge in [0.25, 0.3) is 0 Å². The highest BCUT2D eigenvalue weighted by Gasteiger charge is 2.21. The van der Waals surface area contributed by atoms with E-state index in [2.05, 4.69) is 0 Å². The number of para-hydroxylation sites is 1. The van der Waals surface area contributed by atoms with Gasteiger partial charge in [0.15, 0.2) is 0 Å². The molecule has 1 aromatic rings. The van der Waals surface area contributed by atoms with Crippen molar-refractivity contribution in [2.45, 2.75) is 25.9 Å². The number of anilines is 1. The molecule has 2 rings (SSSR count). The summed E-state index contributed by atoms with van der Waals surface area (Å²) in [5.41, 5.74) is 0.950. The molecular formula is C13H17NO2. The first-order chi connectivity index (χ1) is 7.77. The Labute approximate surface area is 96.0 Å². The Morgan fingerprint density at radius 3 is 2.75 bits per heavy atom. The summed E-state index contributed by atoms with van der Waals surface area (Å²) in [6, 6.07) is 9.75. The quantitative estimate of drug-likeness (QED) is 0.780. The molecule has 1 saturated heterocycles. The van der Waals surface area contributed by atoms with E-state index in [9.17, 15) is 4.79 Å². The minimum absolute atomic E-state index is 0.0710. The van der Waals surface area contributed by atoms with Crippen molar-refractivity contribution >= 4 is 11.6 Å². The zero-order chi connectivity index (χ0) is 11.4. The maximum absolute atomic E-state index is 11.6. The number of carbonyl (C=O) groups is 1. The number of nitrogens with zero attached hydrogens (tertiary/aromatic N) is 1. The van der Waals surface area contributed by atoms with Crippen LogP contribution in [0.3, 0.4) is 0 Å².